The molecular weight excluding hydrogens is 351 g/mol. The summed E-state index contributed by atoms with van der Waals surface area (Å²) in [6, 6.07) is 13.1. The van der Waals surface area contributed by atoms with Crippen molar-refractivity contribution < 1.29 is 4.39 Å². The van der Waals surface area contributed by atoms with Crippen molar-refractivity contribution in [2.75, 3.05) is 5.75 Å². The molecule has 0 saturated heterocycles. The van der Waals surface area contributed by atoms with E-state index in [2.05, 4.69) is 9.97 Å². The molecule has 0 amide bonds. The Hall–Kier alpha value is -2.93. The zero-order valence-electron chi connectivity index (χ0n) is 13.7. The maximum atomic E-state index is 13.3. The topological polar surface area (TPSA) is 52.7 Å². The summed E-state index contributed by atoms with van der Waals surface area (Å²) in [4.78, 5) is 21.7. The van der Waals surface area contributed by atoms with Gasteiger partial charge in [-0.2, -0.15) is 0 Å². The van der Waals surface area contributed by atoms with Gasteiger partial charge in [0.2, 0.25) is 0 Å². The van der Waals surface area contributed by atoms with Crippen LogP contribution in [0.15, 0.2) is 77.2 Å². The van der Waals surface area contributed by atoms with E-state index in [9.17, 15) is 9.18 Å². The molecule has 0 atom stereocenters. The first-order valence-electron chi connectivity index (χ1n) is 8.09. The molecule has 2 heterocycles. The van der Waals surface area contributed by atoms with Crippen molar-refractivity contribution in [2.24, 2.45) is 0 Å². The van der Waals surface area contributed by atoms with E-state index in [1.165, 1.54) is 23.9 Å². The monoisotopic (exact) mass is 366 g/mol. The molecule has 2 aromatic carbocycles. The first kappa shape index (κ1) is 16.5. The second-order valence-corrected chi connectivity index (χ2v) is 6.74. The molecule has 4 rings (SSSR count). The van der Waals surface area contributed by atoms with Crippen LogP contribution in [0.2, 0.25) is 0 Å². The molecule has 0 aliphatic rings. The van der Waals surface area contributed by atoms with Gasteiger partial charge in [0.25, 0.3) is 5.56 Å². The van der Waals surface area contributed by atoms with Gasteiger partial charge in [0.05, 0.1) is 22.9 Å². The molecule has 0 radical (unpaired) electrons. The lowest BCUT2D eigenvalue weighted by Crippen LogP contribution is -2.22. The molecule has 26 heavy (non-hydrogen) atoms. The fourth-order valence-corrected chi connectivity index (χ4v) is 3.65. The van der Waals surface area contributed by atoms with E-state index in [0.29, 0.717) is 21.7 Å². The number of benzene rings is 2. The Morgan fingerprint density at radius 3 is 2.65 bits per heavy atom. The molecule has 0 unspecified atom stereocenters. The van der Waals surface area contributed by atoms with Gasteiger partial charge in [-0.3, -0.25) is 9.36 Å². The van der Waals surface area contributed by atoms with Gasteiger partial charge in [0, 0.05) is 24.7 Å². The number of hydrogen-bond donors (Lipinski definition) is 0. The zero-order valence-corrected chi connectivity index (χ0v) is 14.6. The van der Waals surface area contributed by atoms with Crippen LogP contribution in [0.25, 0.3) is 16.6 Å². The summed E-state index contributed by atoms with van der Waals surface area (Å²) in [5, 5.41) is 1.12. The average Bonchev–Trinajstić information content (AvgIpc) is 3.17. The van der Waals surface area contributed by atoms with Crippen molar-refractivity contribution in [3.63, 3.8) is 0 Å². The van der Waals surface area contributed by atoms with Crippen molar-refractivity contribution in [1.29, 1.82) is 0 Å². The molecule has 130 valence electrons. The Balaban J connectivity index is 1.77. The lowest BCUT2D eigenvalue weighted by Gasteiger charge is -2.13. The van der Waals surface area contributed by atoms with Crippen molar-refractivity contribution in [1.82, 2.24) is 19.1 Å². The molecule has 0 fully saturated rings. The van der Waals surface area contributed by atoms with Gasteiger partial charge in [0.1, 0.15) is 5.82 Å². The molecule has 0 saturated carbocycles. The second kappa shape index (κ2) is 7.13. The van der Waals surface area contributed by atoms with E-state index in [1.54, 1.807) is 35.3 Å². The van der Waals surface area contributed by atoms with Crippen LogP contribution in [0.3, 0.4) is 0 Å². The van der Waals surface area contributed by atoms with E-state index < -0.39 is 0 Å². The molecular formula is C19H15FN4OS. The van der Waals surface area contributed by atoms with Gasteiger partial charge in [-0.1, -0.05) is 23.9 Å². The number of fused-ring (bicyclic) bond motifs is 1. The van der Waals surface area contributed by atoms with Crippen molar-refractivity contribution in [2.45, 2.75) is 11.7 Å². The van der Waals surface area contributed by atoms with Crippen LogP contribution in [-0.2, 0) is 6.54 Å². The van der Waals surface area contributed by atoms with Gasteiger partial charge >= 0.3 is 0 Å². The Morgan fingerprint density at radius 2 is 1.88 bits per heavy atom. The Morgan fingerprint density at radius 1 is 1.08 bits per heavy atom. The van der Waals surface area contributed by atoms with Crippen LogP contribution in [0.4, 0.5) is 4.39 Å². The van der Waals surface area contributed by atoms with E-state index >= 15 is 0 Å². The number of aryl methyl sites for hydroxylation is 1. The lowest BCUT2D eigenvalue weighted by molar-refractivity contribution is 0.627. The minimum atomic E-state index is -0.343. The fraction of sp³-hybridized carbons (Fsp3) is 0.105. The molecule has 0 bridgehead atoms. The Bertz CT molecular complexity index is 1090. The van der Waals surface area contributed by atoms with E-state index in [4.69, 9.17) is 0 Å². The predicted molar refractivity (Wildman–Crippen MR) is 100 cm³/mol. The highest BCUT2D eigenvalue weighted by Gasteiger charge is 2.13. The van der Waals surface area contributed by atoms with E-state index in [1.807, 2.05) is 29.0 Å². The van der Waals surface area contributed by atoms with Crippen LogP contribution < -0.4 is 5.56 Å². The first-order chi connectivity index (χ1) is 12.7. The predicted octanol–water partition coefficient (Wildman–Crippen LogP) is 3.51. The van der Waals surface area contributed by atoms with Crippen molar-refractivity contribution in [3.8, 4) is 5.69 Å². The quantitative estimate of drug-likeness (QED) is 0.401. The number of rotatable bonds is 5. The van der Waals surface area contributed by atoms with Crippen LogP contribution >= 0.6 is 11.8 Å². The van der Waals surface area contributed by atoms with Crippen LogP contribution in [0, 0.1) is 5.82 Å². The molecule has 0 spiro atoms. The van der Waals surface area contributed by atoms with Gasteiger partial charge in [-0.25, -0.2) is 14.4 Å². The highest BCUT2D eigenvalue weighted by molar-refractivity contribution is 7.99. The van der Waals surface area contributed by atoms with Crippen molar-refractivity contribution >= 4 is 22.7 Å². The second-order valence-electron chi connectivity index (χ2n) is 5.68. The molecule has 7 heteroatoms. The summed E-state index contributed by atoms with van der Waals surface area (Å²) in [5.41, 5.74) is 1.09. The number of thioether (sulfide) groups is 1. The first-order valence-corrected chi connectivity index (χ1v) is 9.07. The van der Waals surface area contributed by atoms with E-state index in [0.717, 1.165) is 12.3 Å². The summed E-state index contributed by atoms with van der Waals surface area (Å²) in [6.45, 7) is 0.747. The zero-order chi connectivity index (χ0) is 17.9. The summed E-state index contributed by atoms with van der Waals surface area (Å²) in [7, 11) is 0. The number of imidazole rings is 1. The molecule has 2 aromatic heterocycles. The number of para-hydroxylation sites is 1. The van der Waals surface area contributed by atoms with Crippen molar-refractivity contribution in [3.05, 3.63) is 83.4 Å². The molecule has 4 aromatic rings. The van der Waals surface area contributed by atoms with Crippen LogP contribution in [0.1, 0.15) is 0 Å². The maximum Gasteiger partial charge on any atom is 0.266 e. The third-order valence-electron chi connectivity index (χ3n) is 3.97. The molecule has 0 aliphatic carbocycles. The van der Waals surface area contributed by atoms with Gasteiger partial charge in [-0.15, -0.1) is 0 Å². The number of nitrogens with zero attached hydrogens (tertiary/aromatic N) is 4. The number of hydrogen-bond acceptors (Lipinski definition) is 4. The number of halogens is 1. The molecule has 0 aliphatic heterocycles. The number of aromatic nitrogens is 4. The summed E-state index contributed by atoms with van der Waals surface area (Å²) >= 11 is 1.48. The maximum absolute atomic E-state index is 13.3. The Labute approximate surface area is 153 Å². The minimum Gasteiger partial charge on any atom is -0.337 e. The smallest absolute Gasteiger partial charge is 0.266 e. The molecule has 5 nitrogen and oxygen atoms in total. The van der Waals surface area contributed by atoms with Crippen LogP contribution in [-0.4, -0.2) is 24.9 Å². The molecule has 0 N–H and O–H groups in total. The van der Waals surface area contributed by atoms with Gasteiger partial charge in [0.15, 0.2) is 5.16 Å². The SMILES string of the molecule is O=c1c2ccccc2nc(SCCn2ccnc2)n1-c1ccc(F)cc1. The largest absolute Gasteiger partial charge is 0.337 e. The van der Waals surface area contributed by atoms with Gasteiger partial charge < -0.3 is 4.57 Å². The standard InChI is InChI=1S/C19H15FN4OS/c20-14-5-7-15(8-6-14)24-18(25)16-3-1-2-4-17(16)22-19(24)26-12-11-23-10-9-21-13-23/h1-10,13H,11-12H2. The fourth-order valence-electron chi connectivity index (χ4n) is 2.69. The van der Waals surface area contributed by atoms with E-state index in [-0.39, 0.29) is 11.4 Å². The highest BCUT2D eigenvalue weighted by atomic mass is 32.2. The normalized spacial score (nSPS) is 11.1. The van der Waals surface area contributed by atoms with Gasteiger partial charge in [-0.05, 0) is 36.4 Å². The average molecular weight is 366 g/mol. The van der Waals surface area contributed by atoms with Crippen LogP contribution in [0.5, 0.6) is 0 Å². The minimum absolute atomic E-state index is 0.160. The third kappa shape index (κ3) is 3.25. The summed E-state index contributed by atoms with van der Waals surface area (Å²) in [6.07, 6.45) is 5.37. The summed E-state index contributed by atoms with van der Waals surface area (Å²) < 4.78 is 16.8. The lowest BCUT2D eigenvalue weighted by atomic mass is 10.2. The summed E-state index contributed by atoms with van der Waals surface area (Å²) in [5.74, 6) is 0.382. The highest BCUT2D eigenvalue weighted by Crippen LogP contribution is 2.21. The third-order valence-corrected chi connectivity index (χ3v) is 4.89. The Kier molecular flexibility index (Phi) is 4.53.